The molecule has 1 aromatic rings. The van der Waals surface area contributed by atoms with Gasteiger partial charge in [-0.2, -0.15) is 0 Å². The Bertz CT molecular complexity index is 687. The van der Waals surface area contributed by atoms with Crippen molar-refractivity contribution in [1.29, 1.82) is 0 Å². The predicted octanol–water partition coefficient (Wildman–Crippen LogP) is 2.11. The van der Waals surface area contributed by atoms with E-state index in [1.165, 1.54) is 0 Å². The molecule has 1 heterocycles. The highest BCUT2D eigenvalue weighted by molar-refractivity contribution is 6.40. The summed E-state index contributed by atoms with van der Waals surface area (Å²) >= 11 is 5.85. The number of hydrogen-bond donors (Lipinski definition) is 5. The number of nitrogens with zero attached hydrogens (tertiary/aromatic N) is 1. The van der Waals surface area contributed by atoms with Crippen molar-refractivity contribution in [3.8, 4) is 0 Å². The van der Waals surface area contributed by atoms with E-state index in [-0.39, 0.29) is 37.1 Å². The maximum atomic E-state index is 12.4. The van der Waals surface area contributed by atoms with E-state index in [0.29, 0.717) is 50.3 Å². The van der Waals surface area contributed by atoms with Crippen molar-refractivity contribution in [3.05, 3.63) is 34.9 Å². The van der Waals surface area contributed by atoms with Crippen molar-refractivity contribution >= 4 is 43.1 Å². The van der Waals surface area contributed by atoms with E-state index in [1.807, 2.05) is 12.1 Å². The zero-order valence-electron chi connectivity index (χ0n) is 16.8. The Labute approximate surface area is 188 Å². The fraction of sp³-hybridized carbons (Fsp3) is 0.579. The summed E-state index contributed by atoms with van der Waals surface area (Å²) < 4.78 is 0. The molecule has 30 heavy (non-hydrogen) atoms. The van der Waals surface area contributed by atoms with E-state index in [2.05, 4.69) is 5.32 Å². The number of likely N-dealkylation sites (tertiary alicyclic amines) is 1. The van der Waals surface area contributed by atoms with Gasteiger partial charge in [0.2, 0.25) is 0 Å². The Morgan fingerprint density at radius 1 is 1.20 bits per heavy atom. The summed E-state index contributed by atoms with van der Waals surface area (Å²) in [6.07, 6.45) is 2.49. The Hall–Kier alpha value is -1.52. The van der Waals surface area contributed by atoms with Crippen molar-refractivity contribution in [2.45, 2.75) is 50.5 Å². The topological polar surface area (TPSA) is 136 Å². The van der Waals surface area contributed by atoms with E-state index in [0.717, 1.165) is 5.56 Å². The second-order valence-corrected chi connectivity index (χ2v) is 8.05. The Morgan fingerprint density at radius 3 is 2.33 bits per heavy atom. The van der Waals surface area contributed by atoms with Gasteiger partial charge in [0, 0.05) is 24.7 Å². The first-order chi connectivity index (χ1) is 13.7. The molecule has 6 N–H and O–H groups in total. The van der Waals surface area contributed by atoms with Gasteiger partial charge in [0.25, 0.3) is 0 Å². The van der Waals surface area contributed by atoms with E-state index < -0.39 is 18.6 Å². The molecule has 1 atom stereocenters. The van der Waals surface area contributed by atoms with Crippen molar-refractivity contribution in [2.24, 2.45) is 11.7 Å². The zero-order valence-corrected chi connectivity index (χ0v) is 18.4. The molecule has 1 fully saturated rings. The van der Waals surface area contributed by atoms with Crippen LogP contribution in [0, 0.1) is 5.92 Å². The number of amides is 2. The summed E-state index contributed by atoms with van der Waals surface area (Å²) in [5.41, 5.74) is 5.82. The molecule has 0 aliphatic carbocycles. The second kappa shape index (κ2) is 12.4. The number of benzene rings is 1. The van der Waals surface area contributed by atoms with Crippen LogP contribution in [-0.2, 0) is 11.3 Å². The first-order valence-electron chi connectivity index (χ1n) is 9.88. The molecule has 11 heteroatoms. The highest BCUT2D eigenvalue weighted by Gasteiger charge is 2.43. The third kappa shape index (κ3) is 7.63. The van der Waals surface area contributed by atoms with E-state index >= 15 is 0 Å². The first kappa shape index (κ1) is 26.5. The van der Waals surface area contributed by atoms with Gasteiger partial charge in [0.15, 0.2) is 0 Å². The summed E-state index contributed by atoms with van der Waals surface area (Å²) in [4.78, 5) is 25.9. The number of rotatable bonds is 9. The number of nitrogens with one attached hydrogen (secondary N) is 1. The van der Waals surface area contributed by atoms with E-state index in [1.54, 1.807) is 17.0 Å². The van der Waals surface area contributed by atoms with Crippen LogP contribution in [0.4, 0.5) is 4.79 Å². The van der Waals surface area contributed by atoms with Crippen LogP contribution in [0.25, 0.3) is 0 Å². The number of carbonyl (C=O) groups is 2. The number of carboxylic acids is 1. The van der Waals surface area contributed by atoms with E-state index in [9.17, 15) is 14.7 Å². The molecule has 0 spiro atoms. The van der Waals surface area contributed by atoms with Gasteiger partial charge in [-0.3, -0.25) is 4.79 Å². The normalized spacial score (nSPS) is 16.3. The van der Waals surface area contributed by atoms with Gasteiger partial charge < -0.3 is 31.1 Å². The van der Waals surface area contributed by atoms with Crippen molar-refractivity contribution in [3.63, 3.8) is 0 Å². The molecule has 1 aromatic carbocycles. The number of aliphatic carboxylic acids is 1. The second-order valence-electron chi connectivity index (χ2n) is 7.62. The molecule has 0 aromatic heterocycles. The summed E-state index contributed by atoms with van der Waals surface area (Å²) in [5.74, 6) is -1.29. The van der Waals surface area contributed by atoms with Gasteiger partial charge in [-0.15, -0.1) is 12.4 Å². The lowest BCUT2D eigenvalue weighted by Gasteiger charge is -2.40. The van der Waals surface area contributed by atoms with Crippen LogP contribution in [0.5, 0.6) is 0 Å². The number of carbonyl (C=O) groups excluding carboxylic acids is 1. The van der Waals surface area contributed by atoms with Gasteiger partial charge in [-0.25, -0.2) is 4.79 Å². The van der Waals surface area contributed by atoms with Gasteiger partial charge in [0.05, 0.1) is 0 Å². The van der Waals surface area contributed by atoms with Gasteiger partial charge in [0.1, 0.15) is 5.54 Å². The monoisotopic (exact) mass is 461 g/mol. The molecular formula is C19H30BCl2N3O5. The van der Waals surface area contributed by atoms with E-state index in [4.69, 9.17) is 27.4 Å². The maximum Gasteiger partial charge on any atom is 0.451 e. The predicted molar refractivity (Wildman–Crippen MR) is 119 cm³/mol. The molecular weight excluding hydrogens is 432 g/mol. The standard InChI is InChI=1S/C19H29BClN3O5.ClH/c21-16-5-3-14(4-6-16)13-23-18(27)24-11-7-15(8-12-24)19(22,17(25)26)9-1-2-10-20(28)29;/h3-6,15,28-29H,1-2,7-13,22H2,(H,23,27)(H,25,26);1H. The quantitative estimate of drug-likeness (QED) is 0.282. The molecule has 2 amide bonds. The minimum Gasteiger partial charge on any atom is -0.480 e. The fourth-order valence-electron chi connectivity index (χ4n) is 3.72. The van der Waals surface area contributed by atoms with Crippen LogP contribution in [0.3, 0.4) is 0 Å². The zero-order chi connectivity index (χ0) is 21.4. The van der Waals surface area contributed by atoms with Gasteiger partial charge in [-0.1, -0.05) is 36.6 Å². The molecule has 1 aliphatic heterocycles. The lowest BCUT2D eigenvalue weighted by Crippen LogP contribution is -2.57. The highest BCUT2D eigenvalue weighted by atomic mass is 35.5. The van der Waals surface area contributed by atoms with Gasteiger partial charge >= 0.3 is 19.1 Å². The Morgan fingerprint density at radius 2 is 1.80 bits per heavy atom. The largest absolute Gasteiger partial charge is 0.480 e. The molecule has 1 saturated heterocycles. The molecule has 1 aliphatic rings. The van der Waals surface area contributed by atoms with Crippen LogP contribution in [0.2, 0.25) is 11.3 Å². The fourth-order valence-corrected chi connectivity index (χ4v) is 3.85. The summed E-state index contributed by atoms with van der Waals surface area (Å²) in [6.45, 7) is 1.28. The summed E-state index contributed by atoms with van der Waals surface area (Å²) in [7, 11) is -1.39. The molecule has 1 unspecified atom stereocenters. The number of carboxylic acid groups (broad SMARTS) is 1. The molecule has 0 bridgehead atoms. The van der Waals surface area contributed by atoms with Crippen LogP contribution < -0.4 is 11.1 Å². The highest BCUT2D eigenvalue weighted by Crippen LogP contribution is 2.31. The van der Waals surface area contributed by atoms with Crippen molar-refractivity contribution in [1.82, 2.24) is 10.2 Å². The minimum absolute atomic E-state index is 0. The van der Waals surface area contributed by atoms with Crippen LogP contribution in [0.15, 0.2) is 24.3 Å². The molecule has 2 rings (SSSR count). The average molecular weight is 462 g/mol. The number of hydrogen-bond acceptors (Lipinski definition) is 5. The molecule has 0 saturated carbocycles. The SMILES string of the molecule is Cl.NC(CCCCB(O)O)(C(=O)O)C1CCN(C(=O)NCc2ccc(Cl)cc2)CC1. The Balaban J connectivity index is 0.00000450. The first-order valence-corrected chi connectivity index (χ1v) is 10.3. The number of urea groups is 1. The maximum absolute atomic E-state index is 12.4. The number of piperidine rings is 1. The summed E-state index contributed by atoms with van der Waals surface area (Å²) in [5, 5.41) is 31.0. The third-order valence-corrected chi connectivity index (χ3v) is 5.82. The number of nitrogens with two attached hydrogens (primary N) is 1. The van der Waals surface area contributed by atoms with Crippen molar-refractivity contribution in [2.75, 3.05) is 13.1 Å². The van der Waals surface area contributed by atoms with Crippen molar-refractivity contribution < 1.29 is 24.7 Å². The van der Waals surface area contributed by atoms with Crippen LogP contribution >= 0.6 is 24.0 Å². The minimum atomic E-state index is -1.39. The molecule has 0 radical (unpaired) electrons. The van der Waals surface area contributed by atoms with Crippen LogP contribution in [-0.4, -0.2) is 57.8 Å². The average Bonchev–Trinajstić information content (AvgIpc) is 2.70. The third-order valence-electron chi connectivity index (χ3n) is 5.57. The lowest BCUT2D eigenvalue weighted by molar-refractivity contribution is -0.146. The number of unbranched alkanes of at least 4 members (excludes halogenated alkanes) is 1. The molecule has 8 nitrogen and oxygen atoms in total. The number of halogens is 2. The Kier molecular flexibility index (Phi) is 10.9. The van der Waals surface area contributed by atoms with Gasteiger partial charge in [-0.05, 0) is 49.2 Å². The lowest BCUT2D eigenvalue weighted by atomic mass is 9.74. The smallest absolute Gasteiger partial charge is 0.451 e. The van der Waals surface area contributed by atoms with Crippen LogP contribution in [0.1, 0.15) is 37.7 Å². The molecule has 168 valence electrons. The summed E-state index contributed by atoms with van der Waals surface area (Å²) in [6, 6.07) is 7.04.